The number of hydrogen-bond donors (Lipinski definition) is 1. The van der Waals surface area contributed by atoms with Gasteiger partial charge in [0.15, 0.2) is 0 Å². The lowest BCUT2D eigenvalue weighted by Crippen LogP contribution is -2.32. The van der Waals surface area contributed by atoms with Crippen molar-refractivity contribution < 1.29 is 14.2 Å². The highest BCUT2D eigenvalue weighted by Gasteiger charge is 2.40. The zero-order chi connectivity index (χ0) is 22.4. The van der Waals surface area contributed by atoms with E-state index in [1.165, 1.54) is 0 Å². The van der Waals surface area contributed by atoms with Gasteiger partial charge in [0.25, 0.3) is 0 Å². The summed E-state index contributed by atoms with van der Waals surface area (Å²) in [5, 5.41) is 8.08. The SMILES string of the molecule is COc1ccc([C@@H]2Oc3ccccc3C3=C2[C@H](c2ccc(OC)cc2)n2ncnc2N3)cc1. The first kappa shape index (κ1) is 19.4. The monoisotopic (exact) mass is 438 g/mol. The zero-order valence-electron chi connectivity index (χ0n) is 18.2. The molecule has 0 bridgehead atoms. The minimum absolute atomic E-state index is 0.204. The number of methoxy groups -OCH3 is 2. The van der Waals surface area contributed by atoms with E-state index in [1.54, 1.807) is 20.5 Å². The summed E-state index contributed by atoms with van der Waals surface area (Å²) in [6.07, 6.45) is 1.25. The largest absolute Gasteiger partial charge is 0.497 e. The number of benzene rings is 3. The maximum atomic E-state index is 6.62. The van der Waals surface area contributed by atoms with Crippen molar-refractivity contribution in [1.82, 2.24) is 14.8 Å². The summed E-state index contributed by atoms with van der Waals surface area (Å²) in [7, 11) is 3.33. The minimum atomic E-state index is -0.322. The fourth-order valence-electron chi connectivity index (χ4n) is 4.58. The van der Waals surface area contributed by atoms with Crippen LogP contribution in [0.2, 0.25) is 0 Å². The molecule has 3 aromatic carbocycles. The lowest BCUT2D eigenvalue weighted by atomic mass is 9.84. The van der Waals surface area contributed by atoms with E-state index < -0.39 is 0 Å². The molecule has 1 aromatic heterocycles. The van der Waals surface area contributed by atoms with Crippen LogP contribution in [0.5, 0.6) is 17.2 Å². The maximum Gasteiger partial charge on any atom is 0.226 e. The summed E-state index contributed by atoms with van der Waals surface area (Å²) in [6.45, 7) is 0. The first-order valence-corrected chi connectivity index (χ1v) is 10.7. The van der Waals surface area contributed by atoms with Gasteiger partial charge < -0.3 is 19.5 Å². The van der Waals surface area contributed by atoms with Crippen LogP contribution in [0, 0.1) is 0 Å². The molecular weight excluding hydrogens is 416 g/mol. The highest BCUT2D eigenvalue weighted by Crippen LogP contribution is 2.50. The molecule has 2 atom stereocenters. The highest BCUT2D eigenvalue weighted by atomic mass is 16.5. The average Bonchev–Trinajstić information content (AvgIpc) is 3.35. The smallest absolute Gasteiger partial charge is 0.226 e. The topological polar surface area (TPSA) is 70.4 Å². The summed E-state index contributed by atoms with van der Waals surface area (Å²) in [5.74, 6) is 3.12. The Balaban J connectivity index is 1.58. The van der Waals surface area contributed by atoms with Crippen molar-refractivity contribution in [3.8, 4) is 17.2 Å². The Morgan fingerprint density at radius 3 is 2.21 bits per heavy atom. The molecule has 2 aliphatic rings. The number of nitrogens with zero attached hydrogens (tertiary/aromatic N) is 3. The molecular formula is C26H22N4O3. The molecule has 3 heterocycles. The van der Waals surface area contributed by atoms with E-state index in [4.69, 9.17) is 14.2 Å². The summed E-state index contributed by atoms with van der Waals surface area (Å²) in [4.78, 5) is 4.48. The van der Waals surface area contributed by atoms with E-state index in [-0.39, 0.29) is 12.1 Å². The van der Waals surface area contributed by atoms with Crippen LogP contribution in [0.1, 0.15) is 28.8 Å². The molecule has 0 amide bonds. The molecule has 0 saturated heterocycles. The fraction of sp³-hybridized carbons (Fsp3) is 0.154. The minimum Gasteiger partial charge on any atom is -0.497 e. The third-order valence-electron chi connectivity index (χ3n) is 6.17. The summed E-state index contributed by atoms with van der Waals surface area (Å²) in [6, 6.07) is 23.9. The normalized spacial score (nSPS) is 18.4. The van der Waals surface area contributed by atoms with E-state index in [2.05, 4.69) is 33.6 Å². The van der Waals surface area contributed by atoms with Crippen LogP contribution in [0.3, 0.4) is 0 Å². The summed E-state index contributed by atoms with van der Waals surface area (Å²) < 4.78 is 19.3. The molecule has 6 rings (SSSR count). The molecule has 1 N–H and O–H groups in total. The Labute approximate surface area is 191 Å². The van der Waals surface area contributed by atoms with Crippen molar-refractivity contribution >= 4 is 11.6 Å². The van der Waals surface area contributed by atoms with Crippen molar-refractivity contribution in [3.63, 3.8) is 0 Å². The first-order valence-electron chi connectivity index (χ1n) is 10.7. The number of nitrogens with one attached hydrogen (secondary N) is 1. The second-order valence-corrected chi connectivity index (χ2v) is 7.93. The Hall–Kier alpha value is -4.26. The average molecular weight is 438 g/mol. The Morgan fingerprint density at radius 2 is 1.52 bits per heavy atom. The van der Waals surface area contributed by atoms with Gasteiger partial charge in [-0.1, -0.05) is 36.4 Å². The third kappa shape index (κ3) is 3.12. The molecule has 0 spiro atoms. The van der Waals surface area contributed by atoms with Crippen LogP contribution in [-0.2, 0) is 0 Å². The van der Waals surface area contributed by atoms with Gasteiger partial charge in [-0.15, -0.1) is 0 Å². The van der Waals surface area contributed by atoms with Crippen LogP contribution in [0.4, 0.5) is 5.95 Å². The van der Waals surface area contributed by atoms with Gasteiger partial charge in [-0.2, -0.15) is 10.1 Å². The first-order chi connectivity index (χ1) is 16.3. The van der Waals surface area contributed by atoms with Crippen LogP contribution >= 0.6 is 0 Å². The molecule has 0 aliphatic carbocycles. The van der Waals surface area contributed by atoms with Gasteiger partial charge in [0.05, 0.1) is 19.9 Å². The molecule has 33 heavy (non-hydrogen) atoms. The predicted octanol–water partition coefficient (Wildman–Crippen LogP) is 4.86. The Morgan fingerprint density at radius 1 is 0.848 bits per heavy atom. The predicted molar refractivity (Wildman–Crippen MR) is 125 cm³/mol. The van der Waals surface area contributed by atoms with Gasteiger partial charge in [-0.3, -0.25) is 0 Å². The maximum absolute atomic E-state index is 6.62. The molecule has 7 nitrogen and oxygen atoms in total. The van der Waals surface area contributed by atoms with Crippen molar-refractivity contribution in [2.75, 3.05) is 19.5 Å². The number of fused-ring (bicyclic) bond motifs is 3. The van der Waals surface area contributed by atoms with Crippen LogP contribution in [-0.4, -0.2) is 29.0 Å². The van der Waals surface area contributed by atoms with Gasteiger partial charge >= 0.3 is 0 Å². The quantitative estimate of drug-likeness (QED) is 0.491. The lowest BCUT2D eigenvalue weighted by Gasteiger charge is -2.39. The number of anilines is 1. The lowest BCUT2D eigenvalue weighted by molar-refractivity contribution is 0.223. The number of aromatic nitrogens is 3. The Bertz CT molecular complexity index is 1340. The van der Waals surface area contributed by atoms with Crippen molar-refractivity contribution in [1.29, 1.82) is 0 Å². The standard InChI is InChI=1S/C26H22N4O3/c1-31-18-11-7-16(8-12-18)24-22-23(29-26-27-15-28-30(24)26)20-5-3-4-6-21(20)33-25(22)17-9-13-19(32-2)14-10-17/h3-15,24-25H,1-2H3,(H,27,28,29)/t24-,25-/m0/s1. The molecule has 0 fully saturated rings. The van der Waals surface area contributed by atoms with Gasteiger partial charge in [-0.25, -0.2) is 4.68 Å². The van der Waals surface area contributed by atoms with Gasteiger partial charge in [-0.05, 0) is 47.5 Å². The van der Waals surface area contributed by atoms with Crippen LogP contribution in [0.15, 0.2) is 84.7 Å². The third-order valence-corrected chi connectivity index (χ3v) is 6.17. The second-order valence-electron chi connectivity index (χ2n) is 7.93. The number of hydrogen-bond acceptors (Lipinski definition) is 6. The zero-order valence-corrected chi connectivity index (χ0v) is 18.2. The van der Waals surface area contributed by atoms with Gasteiger partial charge in [0.1, 0.15) is 35.7 Å². The van der Waals surface area contributed by atoms with E-state index in [1.807, 2.05) is 59.3 Å². The molecule has 164 valence electrons. The van der Waals surface area contributed by atoms with E-state index in [0.717, 1.165) is 45.2 Å². The van der Waals surface area contributed by atoms with E-state index >= 15 is 0 Å². The Kier molecular flexibility index (Phi) is 4.54. The molecule has 0 saturated carbocycles. The van der Waals surface area contributed by atoms with E-state index in [9.17, 15) is 0 Å². The number of ether oxygens (including phenoxy) is 3. The van der Waals surface area contributed by atoms with Crippen molar-refractivity contribution in [2.24, 2.45) is 0 Å². The molecule has 0 radical (unpaired) electrons. The summed E-state index contributed by atoms with van der Waals surface area (Å²) in [5.41, 5.74) is 5.17. The van der Waals surface area contributed by atoms with Crippen LogP contribution in [0.25, 0.3) is 5.70 Å². The van der Waals surface area contributed by atoms with E-state index in [0.29, 0.717) is 5.95 Å². The second kappa shape index (κ2) is 7.70. The molecule has 0 unspecified atom stereocenters. The van der Waals surface area contributed by atoms with Crippen molar-refractivity contribution in [3.05, 3.63) is 101 Å². The molecule has 4 aromatic rings. The number of rotatable bonds is 4. The van der Waals surface area contributed by atoms with Crippen molar-refractivity contribution in [2.45, 2.75) is 12.1 Å². The highest BCUT2D eigenvalue weighted by molar-refractivity contribution is 5.85. The number of para-hydroxylation sites is 1. The van der Waals surface area contributed by atoms with Gasteiger partial charge in [0, 0.05) is 11.1 Å². The molecule has 7 heteroatoms. The fourth-order valence-corrected chi connectivity index (χ4v) is 4.58. The van der Waals surface area contributed by atoms with Gasteiger partial charge in [0.2, 0.25) is 5.95 Å². The van der Waals surface area contributed by atoms with Crippen LogP contribution < -0.4 is 19.5 Å². The molecule has 2 aliphatic heterocycles. The summed E-state index contributed by atoms with van der Waals surface area (Å²) >= 11 is 0.